The van der Waals surface area contributed by atoms with Gasteiger partial charge in [-0.2, -0.15) is 4.31 Å². The molecule has 1 saturated carbocycles. The third-order valence-electron chi connectivity index (χ3n) is 5.74. The van der Waals surface area contributed by atoms with Crippen molar-refractivity contribution in [1.29, 1.82) is 0 Å². The van der Waals surface area contributed by atoms with E-state index < -0.39 is 10.0 Å². The molecule has 1 aromatic rings. The van der Waals surface area contributed by atoms with Crippen LogP contribution in [0.5, 0.6) is 0 Å². The third-order valence-corrected chi connectivity index (χ3v) is 7.75. The van der Waals surface area contributed by atoms with Crippen LogP contribution in [0.3, 0.4) is 0 Å². The van der Waals surface area contributed by atoms with Crippen LogP contribution in [0.25, 0.3) is 0 Å². The molecule has 3 rings (SSSR count). The molecular formula is C20H30N2O3S. The lowest BCUT2D eigenvalue weighted by Gasteiger charge is -2.32. The van der Waals surface area contributed by atoms with E-state index >= 15 is 0 Å². The highest BCUT2D eigenvalue weighted by atomic mass is 32.2. The Morgan fingerprint density at radius 3 is 2.46 bits per heavy atom. The fourth-order valence-corrected chi connectivity index (χ4v) is 5.81. The largest absolute Gasteiger partial charge is 0.349 e. The average molecular weight is 379 g/mol. The van der Waals surface area contributed by atoms with Crippen molar-refractivity contribution in [2.45, 2.75) is 82.2 Å². The average Bonchev–Trinajstić information content (AvgIpc) is 2.63. The Hall–Kier alpha value is -1.40. The lowest BCUT2D eigenvalue weighted by molar-refractivity contribution is 0.0927. The molecule has 0 spiro atoms. The van der Waals surface area contributed by atoms with E-state index in [1.54, 1.807) is 22.5 Å². The van der Waals surface area contributed by atoms with E-state index in [-0.39, 0.29) is 22.9 Å². The van der Waals surface area contributed by atoms with Gasteiger partial charge in [0.15, 0.2) is 0 Å². The molecule has 0 bridgehead atoms. The molecule has 1 heterocycles. The van der Waals surface area contributed by atoms with Crippen molar-refractivity contribution < 1.29 is 13.2 Å². The number of nitrogens with zero attached hydrogens (tertiary/aromatic N) is 1. The van der Waals surface area contributed by atoms with Crippen molar-refractivity contribution in [2.75, 3.05) is 6.54 Å². The summed E-state index contributed by atoms with van der Waals surface area (Å²) in [6.45, 7) is 4.37. The molecule has 6 heteroatoms. The monoisotopic (exact) mass is 378 g/mol. The third kappa shape index (κ3) is 4.12. The Kier molecular flexibility index (Phi) is 6.03. The summed E-state index contributed by atoms with van der Waals surface area (Å²) >= 11 is 0. The second-order valence-corrected chi connectivity index (χ2v) is 9.64. The van der Waals surface area contributed by atoms with Crippen LogP contribution in [-0.2, 0) is 10.0 Å². The molecule has 1 N–H and O–H groups in total. The van der Waals surface area contributed by atoms with Gasteiger partial charge in [0, 0.05) is 24.2 Å². The fraction of sp³-hybridized carbons (Fsp3) is 0.650. The lowest BCUT2D eigenvalue weighted by atomic mass is 9.95. The molecule has 5 nitrogen and oxygen atoms in total. The number of benzene rings is 1. The van der Waals surface area contributed by atoms with E-state index in [0.29, 0.717) is 12.1 Å². The number of piperidine rings is 1. The molecule has 144 valence electrons. The van der Waals surface area contributed by atoms with E-state index in [1.807, 2.05) is 13.8 Å². The van der Waals surface area contributed by atoms with Gasteiger partial charge in [0.05, 0.1) is 4.90 Å². The minimum atomic E-state index is -3.56. The first-order chi connectivity index (χ1) is 12.4. The van der Waals surface area contributed by atoms with Crippen LogP contribution in [-0.4, -0.2) is 37.3 Å². The molecule has 1 aliphatic heterocycles. The number of hydrogen-bond acceptors (Lipinski definition) is 3. The number of sulfonamides is 1. The summed E-state index contributed by atoms with van der Waals surface area (Å²) in [5.74, 6) is -0.154. The molecule has 1 amide bonds. The van der Waals surface area contributed by atoms with Crippen molar-refractivity contribution in [2.24, 2.45) is 0 Å². The quantitative estimate of drug-likeness (QED) is 0.870. The summed E-state index contributed by atoms with van der Waals surface area (Å²) in [5.41, 5.74) is 1.28. The van der Waals surface area contributed by atoms with Gasteiger partial charge in [-0.3, -0.25) is 4.79 Å². The molecule has 1 aliphatic carbocycles. The highest BCUT2D eigenvalue weighted by Crippen LogP contribution is 2.26. The van der Waals surface area contributed by atoms with Gasteiger partial charge < -0.3 is 5.32 Å². The number of amides is 1. The summed E-state index contributed by atoms with van der Waals surface area (Å²) in [5, 5.41) is 3.10. The number of carbonyl (C=O) groups is 1. The van der Waals surface area contributed by atoms with Crippen LogP contribution in [0.1, 0.15) is 74.2 Å². The number of nitrogens with one attached hydrogen (secondary N) is 1. The lowest BCUT2D eigenvalue weighted by Crippen LogP contribution is -2.42. The Labute approximate surface area is 157 Å². The normalized spacial score (nSPS) is 22.9. The first-order valence-corrected chi connectivity index (χ1v) is 11.3. The standard InChI is InChI=1S/C20H30N2O3S/c1-15-11-12-18(26(24,25)22-13-7-6-8-16(22)2)14-19(15)20(23)21-17-9-4-3-5-10-17/h11-12,14,16-17H,3-10,13H2,1-2H3,(H,21,23). The number of hydrogen-bond donors (Lipinski definition) is 1. The molecule has 1 saturated heterocycles. The van der Waals surface area contributed by atoms with Crippen LogP contribution in [0, 0.1) is 6.92 Å². The summed E-state index contributed by atoms with van der Waals surface area (Å²) in [7, 11) is -3.56. The van der Waals surface area contributed by atoms with Crippen LogP contribution >= 0.6 is 0 Å². The maximum Gasteiger partial charge on any atom is 0.251 e. The van der Waals surface area contributed by atoms with Gasteiger partial charge in [0.1, 0.15) is 0 Å². The second-order valence-electron chi connectivity index (χ2n) is 7.75. The van der Waals surface area contributed by atoms with E-state index in [0.717, 1.165) is 50.5 Å². The fourth-order valence-electron chi connectivity index (χ4n) is 4.08. The topological polar surface area (TPSA) is 66.5 Å². The van der Waals surface area contributed by atoms with Gasteiger partial charge in [-0.1, -0.05) is 31.7 Å². The molecule has 1 atom stereocenters. The summed E-state index contributed by atoms with van der Waals surface area (Å²) < 4.78 is 27.7. The smallest absolute Gasteiger partial charge is 0.251 e. The molecule has 26 heavy (non-hydrogen) atoms. The zero-order valence-corrected chi connectivity index (χ0v) is 16.6. The first kappa shape index (κ1) is 19.4. The van der Waals surface area contributed by atoms with Crippen molar-refractivity contribution in [3.63, 3.8) is 0 Å². The Morgan fingerprint density at radius 1 is 1.08 bits per heavy atom. The molecule has 0 aromatic heterocycles. The Bertz CT molecular complexity index is 754. The molecule has 1 unspecified atom stereocenters. The van der Waals surface area contributed by atoms with Gasteiger partial charge in [0.2, 0.25) is 10.0 Å². The minimum Gasteiger partial charge on any atom is -0.349 e. The highest BCUT2D eigenvalue weighted by molar-refractivity contribution is 7.89. The van der Waals surface area contributed by atoms with Crippen LogP contribution in [0.2, 0.25) is 0 Å². The predicted molar refractivity (Wildman–Crippen MR) is 103 cm³/mol. The Balaban J connectivity index is 1.83. The van der Waals surface area contributed by atoms with E-state index in [9.17, 15) is 13.2 Å². The molecule has 1 aromatic carbocycles. The maximum atomic E-state index is 13.1. The first-order valence-electron chi connectivity index (χ1n) is 9.83. The maximum absolute atomic E-state index is 13.1. The molecule has 0 radical (unpaired) electrons. The van der Waals surface area contributed by atoms with Crippen LogP contribution < -0.4 is 5.32 Å². The second kappa shape index (κ2) is 8.09. The van der Waals surface area contributed by atoms with Gasteiger partial charge in [0.25, 0.3) is 5.91 Å². The van der Waals surface area contributed by atoms with E-state index in [1.165, 1.54) is 6.42 Å². The summed E-state index contributed by atoms with van der Waals surface area (Å²) in [6, 6.07) is 5.15. The van der Waals surface area contributed by atoms with Gasteiger partial charge >= 0.3 is 0 Å². The van der Waals surface area contributed by atoms with Crippen molar-refractivity contribution in [3.05, 3.63) is 29.3 Å². The van der Waals surface area contributed by atoms with Crippen LogP contribution in [0.15, 0.2) is 23.1 Å². The zero-order chi connectivity index (χ0) is 18.7. The van der Waals surface area contributed by atoms with E-state index in [2.05, 4.69) is 5.32 Å². The minimum absolute atomic E-state index is 0.00886. The van der Waals surface area contributed by atoms with Crippen molar-refractivity contribution >= 4 is 15.9 Å². The van der Waals surface area contributed by atoms with Crippen molar-refractivity contribution in [3.8, 4) is 0 Å². The molecule has 2 aliphatic rings. The van der Waals surface area contributed by atoms with Crippen LogP contribution in [0.4, 0.5) is 0 Å². The number of aryl methyl sites for hydroxylation is 1. The molecular weight excluding hydrogens is 348 g/mol. The summed E-state index contributed by atoms with van der Waals surface area (Å²) in [6.07, 6.45) is 8.38. The van der Waals surface area contributed by atoms with Gasteiger partial charge in [-0.05, 0) is 57.2 Å². The predicted octanol–water partition coefficient (Wildman–Crippen LogP) is 3.62. The van der Waals surface area contributed by atoms with E-state index in [4.69, 9.17) is 0 Å². The Morgan fingerprint density at radius 2 is 1.77 bits per heavy atom. The number of carbonyl (C=O) groups excluding carboxylic acids is 1. The highest BCUT2D eigenvalue weighted by Gasteiger charge is 2.31. The van der Waals surface area contributed by atoms with Gasteiger partial charge in [-0.25, -0.2) is 8.42 Å². The SMILES string of the molecule is Cc1ccc(S(=O)(=O)N2CCCCC2C)cc1C(=O)NC1CCCCC1. The number of rotatable bonds is 4. The summed E-state index contributed by atoms with van der Waals surface area (Å²) in [4.78, 5) is 13.0. The zero-order valence-electron chi connectivity index (χ0n) is 15.8. The van der Waals surface area contributed by atoms with Crippen molar-refractivity contribution in [1.82, 2.24) is 9.62 Å². The van der Waals surface area contributed by atoms with Gasteiger partial charge in [-0.15, -0.1) is 0 Å². The molecule has 2 fully saturated rings.